The Morgan fingerprint density at radius 2 is 1.59 bits per heavy atom. The normalized spacial score (nSPS) is 16.0. The zero-order valence-corrected chi connectivity index (χ0v) is 16.5. The maximum atomic E-state index is 13.5. The van der Waals surface area contributed by atoms with Crippen molar-refractivity contribution in [2.75, 3.05) is 51.7 Å². The van der Waals surface area contributed by atoms with E-state index in [2.05, 4.69) is 15.5 Å². The topological polar surface area (TPSA) is 73.9 Å². The predicted octanol–water partition coefficient (Wildman–Crippen LogP) is 1.31. The highest BCUT2D eigenvalue weighted by atomic mass is 19.1. The number of nitrogens with one attached hydrogen (secondary N) is 2. The second kappa shape index (κ2) is 9.14. The zero-order valence-electron chi connectivity index (χ0n) is 16.5. The van der Waals surface area contributed by atoms with Crippen molar-refractivity contribution >= 4 is 17.5 Å². The monoisotopic (exact) mass is 380 g/mol. The first-order valence-corrected chi connectivity index (χ1v) is 9.05. The van der Waals surface area contributed by atoms with Crippen molar-refractivity contribution in [2.24, 2.45) is 0 Å². The molecule has 1 heterocycles. The molecule has 0 unspecified atom stereocenters. The van der Waals surface area contributed by atoms with Crippen LogP contribution >= 0.6 is 0 Å². The van der Waals surface area contributed by atoms with Crippen molar-refractivity contribution in [3.8, 4) is 5.75 Å². The van der Waals surface area contributed by atoms with E-state index in [1.807, 2.05) is 25.7 Å². The van der Waals surface area contributed by atoms with Crippen molar-refractivity contribution < 1.29 is 18.7 Å². The van der Waals surface area contributed by atoms with Crippen LogP contribution in [0.1, 0.15) is 20.8 Å². The molecule has 1 saturated heterocycles. The van der Waals surface area contributed by atoms with Gasteiger partial charge in [-0.2, -0.15) is 0 Å². The van der Waals surface area contributed by atoms with Gasteiger partial charge in [-0.3, -0.25) is 19.4 Å². The van der Waals surface area contributed by atoms with Gasteiger partial charge in [0.15, 0.2) is 0 Å². The summed E-state index contributed by atoms with van der Waals surface area (Å²) in [5, 5.41) is 5.65. The maximum absolute atomic E-state index is 13.5. The molecule has 0 saturated carbocycles. The third-order valence-corrected chi connectivity index (χ3v) is 4.10. The van der Waals surface area contributed by atoms with Gasteiger partial charge in [-0.25, -0.2) is 4.39 Å². The van der Waals surface area contributed by atoms with E-state index in [4.69, 9.17) is 4.74 Å². The Morgan fingerprint density at radius 3 is 2.11 bits per heavy atom. The van der Waals surface area contributed by atoms with Crippen LogP contribution in [0.25, 0.3) is 0 Å². The quantitative estimate of drug-likeness (QED) is 0.778. The van der Waals surface area contributed by atoms with Gasteiger partial charge in [-0.1, -0.05) is 0 Å². The molecule has 7 nitrogen and oxygen atoms in total. The van der Waals surface area contributed by atoms with E-state index in [0.717, 1.165) is 13.1 Å². The van der Waals surface area contributed by atoms with Crippen molar-refractivity contribution in [1.82, 2.24) is 15.1 Å². The highest BCUT2D eigenvalue weighted by molar-refractivity contribution is 5.92. The van der Waals surface area contributed by atoms with Crippen LogP contribution in [0.5, 0.6) is 5.75 Å². The minimum atomic E-state index is -0.466. The summed E-state index contributed by atoms with van der Waals surface area (Å²) in [6.45, 7) is 9.28. The molecule has 1 aromatic rings. The lowest BCUT2D eigenvalue weighted by Crippen LogP contribution is -2.52. The van der Waals surface area contributed by atoms with Gasteiger partial charge >= 0.3 is 0 Å². The number of amides is 2. The molecule has 2 amide bonds. The van der Waals surface area contributed by atoms with E-state index in [1.165, 1.54) is 19.2 Å². The van der Waals surface area contributed by atoms with Gasteiger partial charge in [0.05, 0.1) is 20.2 Å². The van der Waals surface area contributed by atoms with Gasteiger partial charge in [0.25, 0.3) is 0 Å². The number of hydrogen-bond donors (Lipinski definition) is 2. The Labute approximate surface area is 159 Å². The molecule has 0 bridgehead atoms. The van der Waals surface area contributed by atoms with Crippen molar-refractivity contribution in [1.29, 1.82) is 0 Å². The standard InChI is InChI=1S/C19H29FN4O3/c1-19(2,3)22-18(26)13-24-7-5-23(6-8-24)12-17(25)21-15-9-14(20)10-16(11-15)27-4/h9-11H,5-8,12-13H2,1-4H3,(H,21,25)(H,22,26). The molecule has 1 aromatic carbocycles. The Kier molecular flexibility index (Phi) is 7.15. The number of methoxy groups -OCH3 is 1. The molecule has 2 rings (SSSR count). The molecular weight excluding hydrogens is 351 g/mol. The van der Waals surface area contributed by atoms with E-state index < -0.39 is 5.82 Å². The van der Waals surface area contributed by atoms with E-state index in [9.17, 15) is 14.0 Å². The number of carbonyl (C=O) groups is 2. The molecular formula is C19H29FN4O3. The van der Waals surface area contributed by atoms with Crippen LogP contribution < -0.4 is 15.4 Å². The maximum Gasteiger partial charge on any atom is 0.238 e. The van der Waals surface area contributed by atoms with Gasteiger partial charge in [-0.05, 0) is 26.8 Å². The number of benzene rings is 1. The van der Waals surface area contributed by atoms with E-state index in [1.54, 1.807) is 6.07 Å². The number of nitrogens with zero attached hydrogens (tertiary/aromatic N) is 2. The number of ether oxygens (including phenoxy) is 1. The molecule has 0 aliphatic carbocycles. The van der Waals surface area contributed by atoms with E-state index in [-0.39, 0.29) is 23.9 Å². The average Bonchev–Trinajstić information content (AvgIpc) is 2.54. The Hall–Kier alpha value is -2.19. The van der Waals surface area contributed by atoms with Gasteiger partial charge in [-0.15, -0.1) is 0 Å². The molecule has 27 heavy (non-hydrogen) atoms. The molecule has 1 fully saturated rings. The van der Waals surface area contributed by atoms with Crippen molar-refractivity contribution in [2.45, 2.75) is 26.3 Å². The van der Waals surface area contributed by atoms with Crippen LogP contribution in [0.15, 0.2) is 18.2 Å². The largest absolute Gasteiger partial charge is 0.497 e. The Bertz CT molecular complexity index is 667. The van der Waals surface area contributed by atoms with Gasteiger partial charge < -0.3 is 15.4 Å². The first-order valence-electron chi connectivity index (χ1n) is 9.05. The lowest BCUT2D eigenvalue weighted by atomic mass is 10.1. The average molecular weight is 380 g/mol. The van der Waals surface area contributed by atoms with Crippen LogP contribution in [0.2, 0.25) is 0 Å². The summed E-state index contributed by atoms with van der Waals surface area (Å²) in [6, 6.07) is 4.09. The molecule has 1 aliphatic rings. The van der Waals surface area contributed by atoms with Crippen LogP contribution in [-0.2, 0) is 9.59 Å². The summed E-state index contributed by atoms with van der Waals surface area (Å²) in [4.78, 5) is 28.3. The van der Waals surface area contributed by atoms with Crippen molar-refractivity contribution in [3.05, 3.63) is 24.0 Å². The number of rotatable bonds is 6. The molecule has 2 N–H and O–H groups in total. The SMILES string of the molecule is COc1cc(F)cc(NC(=O)CN2CCN(CC(=O)NC(C)(C)C)CC2)c1. The lowest BCUT2D eigenvalue weighted by Gasteiger charge is -2.34. The third-order valence-electron chi connectivity index (χ3n) is 4.10. The highest BCUT2D eigenvalue weighted by Gasteiger charge is 2.22. The van der Waals surface area contributed by atoms with E-state index >= 15 is 0 Å². The highest BCUT2D eigenvalue weighted by Crippen LogP contribution is 2.19. The summed E-state index contributed by atoms with van der Waals surface area (Å²) >= 11 is 0. The summed E-state index contributed by atoms with van der Waals surface area (Å²) < 4.78 is 18.5. The van der Waals surface area contributed by atoms with E-state index in [0.29, 0.717) is 31.1 Å². The summed E-state index contributed by atoms with van der Waals surface area (Å²) in [5.74, 6) is -0.311. The second-order valence-corrected chi connectivity index (χ2v) is 7.78. The summed E-state index contributed by atoms with van der Waals surface area (Å²) in [7, 11) is 1.45. The number of hydrogen-bond acceptors (Lipinski definition) is 5. The fourth-order valence-corrected chi connectivity index (χ4v) is 2.92. The molecule has 0 spiro atoms. The van der Waals surface area contributed by atoms with Crippen LogP contribution in [0.3, 0.4) is 0 Å². The van der Waals surface area contributed by atoms with Crippen LogP contribution in [0, 0.1) is 5.82 Å². The number of anilines is 1. The second-order valence-electron chi connectivity index (χ2n) is 7.78. The van der Waals surface area contributed by atoms with Crippen LogP contribution in [0.4, 0.5) is 10.1 Å². The molecule has 0 atom stereocenters. The first kappa shape index (κ1) is 21.1. The lowest BCUT2D eigenvalue weighted by molar-refractivity contribution is -0.124. The minimum Gasteiger partial charge on any atom is -0.497 e. The first-order chi connectivity index (χ1) is 12.6. The molecule has 1 aliphatic heterocycles. The predicted molar refractivity (Wildman–Crippen MR) is 102 cm³/mol. The Balaban J connectivity index is 1.76. The van der Waals surface area contributed by atoms with Gasteiger partial charge in [0.1, 0.15) is 11.6 Å². The van der Waals surface area contributed by atoms with Gasteiger partial charge in [0, 0.05) is 49.5 Å². The molecule has 0 radical (unpaired) electrons. The third kappa shape index (κ3) is 7.52. The summed E-state index contributed by atoms with van der Waals surface area (Å²) in [6.07, 6.45) is 0. The van der Waals surface area contributed by atoms with Gasteiger partial charge in [0.2, 0.25) is 11.8 Å². The Morgan fingerprint density at radius 1 is 1.04 bits per heavy atom. The summed E-state index contributed by atoms with van der Waals surface area (Å²) in [5.41, 5.74) is 0.130. The van der Waals surface area contributed by atoms with Crippen LogP contribution in [-0.4, -0.2) is 73.5 Å². The number of carbonyl (C=O) groups excluding carboxylic acids is 2. The molecule has 150 valence electrons. The number of halogens is 1. The fraction of sp³-hybridized carbons (Fsp3) is 0.579. The molecule has 0 aromatic heterocycles. The fourth-order valence-electron chi connectivity index (χ4n) is 2.92. The van der Waals surface area contributed by atoms with Crippen molar-refractivity contribution in [3.63, 3.8) is 0 Å². The molecule has 8 heteroatoms. The zero-order chi connectivity index (χ0) is 20.0. The number of piperazine rings is 1. The minimum absolute atomic E-state index is 0.00810. The smallest absolute Gasteiger partial charge is 0.238 e.